The van der Waals surface area contributed by atoms with E-state index in [4.69, 9.17) is 32.7 Å². The molecule has 0 spiro atoms. The fourth-order valence-electron chi connectivity index (χ4n) is 5.50. The molecule has 5 rings (SSSR count). The molecule has 2 aromatic carbocycles. The molecule has 1 atom stereocenters. The van der Waals surface area contributed by atoms with Gasteiger partial charge < -0.3 is 14.2 Å². The van der Waals surface area contributed by atoms with Crippen molar-refractivity contribution in [1.82, 2.24) is 9.88 Å². The van der Waals surface area contributed by atoms with Crippen LogP contribution >= 0.6 is 23.2 Å². The fraction of sp³-hybridized carbons (Fsp3) is 0.297. The largest absolute Gasteiger partial charge is 0.489 e. The van der Waals surface area contributed by atoms with Gasteiger partial charge in [0.05, 0.1) is 36.2 Å². The Bertz CT molecular complexity index is 2070. The maximum atomic E-state index is 13.6. The lowest BCUT2D eigenvalue weighted by Gasteiger charge is -2.23. The zero-order valence-corrected chi connectivity index (χ0v) is 31.0. The highest BCUT2D eigenvalue weighted by Gasteiger charge is 2.38. The van der Waals surface area contributed by atoms with Crippen LogP contribution in [-0.2, 0) is 26.1 Å². The number of nitrogens with zero attached hydrogens (tertiary/aromatic N) is 3. The first-order valence-electron chi connectivity index (χ1n) is 16.3. The second-order valence-corrected chi connectivity index (χ2v) is 15.0. The first-order valence-corrected chi connectivity index (χ1v) is 18.9. The van der Waals surface area contributed by atoms with Crippen molar-refractivity contribution >= 4 is 56.7 Å². The predicted octanol–water partition coefficient (Wildman–Crippen LogP) is 7.53. The Morgan fingerprint density at radius 1 is 1.06 bits per heavy atom. The zero-order valence-electron chi connectivity index (χ0n) is 28.6. The molecule has 1 fully saturated rings. The molecule has 53 heavy (non-hydrogen) atoms. The molecular weight excluding hydrogens is 755 g/mol. The number of fused-ring (bicyclic) bond motifs is 1. The summed E-state index contributed by atoms with van der Waals surface area (Å²) in [7, 11) is -3.84. The summed E-state index contributed by atoms with van der Waals surface area (Å²) in [5, 5.41) is 0.377. The normalized spacial score (nSPS) is 15.5. The van der Waals surface area contributed by atoms with E-state index >= 15 is 0 Å². The van der Waals surface area contributed by atoms with E-state index < -0.39 is 47.1 Å². The van der Waals surface area contributed by atoms with Crippen molar-refractivity contribution in [3.8, 4) is 11.5 Å². The SMILES string of the molecule is C=C/C(Cl)=C(C[C@H](OC(=O)CN1C(=O)c2ccc(N(Cc3ccncc3)S(C)(=O)=O)cc2C1=O)c1ccc(OC(F)F)c(OCC2CC2)c1)\C(Cl)=C/C. The van der Waals surface area contributed by atoms with Crippen molar-refractivity contribution in [3.05, 3.63) is 118 Å². The van der Waals surface area contributed by atoms with Gasteiger partial charge in [-0.1, -0.05) is 48.0 Å². The summed E-state index contributed by atoms with van der Waals surface area (Å²) in [5.41, 5.74) is 1.26. The molecule has 1 saturated carbocycles. The van der Waals surface area contributed by atoms with Crippen LogP contribution in [-0.4, -0.2) is 62.1 Å². The molecule has 1 aliphatic carbocycles. The number of hydrogen-bond donors (Lipinski definition) is 0. The maximum Gasteiger partial charge on any atom is 0.387 e. The van der Waals surface area contributed by atoms with Gasteiger partial charge in [-0.2, -0.15) is 8.78 Å². The van der Waals surface area contributed by atoms with Gasteiger partial charge in [-0.25, -0.2) is 8.42 Å². The lowest BCUT2D eigenvalue weighted by atomic mass is 9.99. The molecule has 0 unspecified atom stereocenters. The minimum atomic E-state index is -3.84. The van der Waals surface area contributed by atoms with E-state index in [2.05, 4.69) is 16.3 Å². The lowest BCUT2D eigenvalue weighted by molar-refractivity contribution is -0.149. The summed E-state index contributed by atoms with van der Waals surface area (Å²) in [6.45, 7) is 1.61. The number of imide groups is 1. The lowest BCUT2D eigenvalue weighted by Crippen LogP contribution is -2.36. The van der Waals surface area contributed by atoms with Crippen LogP contribution in [0.2, 0.25) is 0 Å². The Balaban J connectivity index is 1.42. The van der Waals surface area contributed by atoms with Crippen LogP contribution in [0.5, 0.6) is 11.5 Å². The Morgan fingerprint density at radius 3 is 2.38 bits per heavy atom. The summed E-state index contributed by atoms with van der Waals surface area (Å²) in [6, 6.07) is 11.4. The number of pyridine rings is 1. The molecule has 16 heteroatoms. The molecule has 0 saturated heterocycles. The van der Waals surface area contributed by atoms with Crippen molar-refractivity contribution < 1.29 is 45.8 Å². The van der Waals surface area contributed by atoms with E-state index in [-0.39, 0.29) is 63.9 Å². The van der Waals surface area contributed by atoms with E-state index in [1.165, 1.54) is 54.9 Å². The second kappa shape index (κ2) is 16.9. The topological polar surface area (TPSA) is 132 Å². The predicted molar refractivity (Wildman–Crippen MR) is 195 cm³/mol. The van der Waals surface area contributed by atoms with Gasteiger partial charge in [0.2, 0.25) is 10.0 Å². The van der Waals surface area contributed by atoms with Gasteiger partial charge in [0, 0.05) is 28.9 Å². The number of alkyl halides is 2. The molecule has 0 bridgehead atoms. The number of benzene rings is 2. The smallest absolute Gasteiger partial charge is 0.387 e. The van der Waals surface area contributed by atoms with Crippen molar-refractivity contribution in [2.75, 3.05) is 23.7 Å². The van der Waals surface area contributed by atoms with Crippen molar-refractivity contribution in [2.24, 2.45) is 5.92 Å². The Labute approximate surface area is 315 Å². The molecule has 11 nitrogen and oxygen atoms in total. The number of carbonyl (C=O) groups is 3. The van der Waals surface area contributed by atoms with Crippen LogP contribution in [0.15, 0.2) is 95.3 Å². The quantitative estimate of drug-likeness (QED) is 0.0774. The maximum absolute atomic E-state index is 13.6. The van der Waals surface area contributed by atoms with Gasteiger partial charge in [-0.15, -0.1) is 0 Å². The van der Waals surface area contributed by atoms with E-state index in [9.17, 15) is 31.6 Å². The van der Waals surface area contributed by atoms with Crippen molar-refractivity contribution in [2.45, 2.75) is 45.4 Å². The first kappa shape index (κ1) is 39.4. The molecule has 3 aromatic rings. The number of carbonyl (C=O) groups excluding carboxylic acids is 3. The summed E-state index contributed by atoms with van der Waals surface area (Å²) in [5.74, 6) is -2.58. The fourth-order valence-corrected chi connectivity index (χ4v) is 6.79. The number of halogens is 4. The number of allylic oxidation sites excluding steroid dienone is 4. The van der Waals surface area contributed by atoms with E-state index in [1.807, 2.05) is 0 Å². The van der Waals surface area contributed by atoms with Crippen LogP contribution in [0.4, 0.5) is 14.5 Å². The van der Waals surface area contributed by atoms with Gasteiger partial charge in [0.25, 0.3) is 11.8 Å². The molecule has 1 aliphatic heterocycles. The molecule has 2 aliphatic rings. The average Bonchev–Trinajstić information content (AvgIpc) is 3.94. The van der Waals surface area contributed by atoms with Gasteiger partial charge in [0.15, 0.2) is 11.5 Å². The van der Waals surface area contributed by atoms with Crippen LogP contribution < -0.4 is 13.8 Å². The first-order chi connectivity index (χ1) is 25.2. The molecule has 2 heterocycles. The summed E-state index contributed by atoms with van der Waals surface area (Å²) >= 11 is 12.9. The molecule has 0 radical (unpaired) electrons. The van der Waals surface area contributed by atoms with Crippen LogP contribution in [0.25, 0.3) is 0 Å². The van der Waals surface area contributed by atoms with Gasteiger partial charge in [-0.05, 0) is 84.8 Å². The third-order valence-electron chi connectivity index (χ3n) is 8.40. The van der Waals surface area contributed by atoms with Crippen LogP contribution in [0.1, 0.15) is 64.1 Å². The van der Waals surface area contributed by atoms with Gasteiger partial charge in [-0.3, -0.25) is 28.6 Å². The second-order valence-electron chi connectivity index (χ2n) is 12.2. The van der Waals surface area contributed by atoms with Gasteiger partial charge >= 0.3 is 12.6 Å². The average molecular weight is 791 g/mol. The number of ether oxygens (including phenoxy) is 3. The summed E-state index contributed by atoms with van der Waals surface area (Å²) in [4.78, 5) is 45.2. The van der Waals surface area contributed by atoms with E-state index in [0.29, 0.717) is 21.6 Å². The monoisotopic (exact) mass is 789 g/mol. The molecular formula is C37H35Cl2F2N3O8S. The molecule has 280 valence electrons. The van der Waals surface area contributed by atoms with Crippen molar-refractivity contribution in [3.63, 3.8) is 0 Å². The number of anilines is 1. The number of aromatic nitrogens is 1. The number of sulfonamides is 1. The van der Waals surface area contributed by atoms with Crippen LogP contribution in [0, 0.1) is 5.92 Å². The Kier molecular flexibility index (Phi) is 12.6. The Morgan fingerprint density at radius 2 is 1.75 bits per heavy atom. The highest BCUT2D eigenvalue weighted by atomic mass is 35.5. The minimum absolute atomic E-state index is 0.00329. The molecule has 2 amide bonds. The minimum Gasteiger partial charge on any atom is -0.489 e. The van der Waals surface area contributed by atoms with Gasteiger partial charge in [0.1, 0.15) is 12.6 Å². The summed E-state index contributed by atoms with van der Waals surface area (Å²) < 4.78 is 69.5. The summed E-state index contributed by atoms with van der Waals surface area (Å²) in [6.07, 6.45) is 7.52. The number of amides is 2. The van der Waals surface area contributed by atoms with E-state index in [0.717, 1.165) is 23.4 Å². The van der Waals surface area contributed by atoms with Crippen LogP contribution in [0.3, 0.4) is 0 Å². The highest BCUT2D eigenvalue weighted by Crippen LogP contribution is 2.39. The number of hydrogen-bond acceptors (Lipinski definition) is 9. The van der Waals surface area contributed by atoms with E-state index in [1.54, 1.807) is 25.1 Å². The third kappa shape index (κ3) is 9.80. The van der Waals surface area contributed by atoms with Crippen molar-refractivity contribution in [1.29, 1.82) is 0 Å². The molecule has 1 aromatic heterocycles. The molecule has 0 N–H and O–H groups in total. The standard InChI is InChI=1S/C37H35Cl2F2N3O8S/c1-4-29(38)28(30(39)5-2)18-32(24-8-11-31(52-37(40)41)33(16-24)50-21-23-6-7-23)51-34(45)20-43-35(46)26-10-9-25(17-27(26)36(43)47)44(53(3,48)49)19-22-12-14-42-15-13-22/h4-5,8-17,23,32,37H,1,6-7,18-21H2,2-3H3/b29-28+,30-5+/t32-/m0/s1. The number of esters is 1. The third-order valence-corrected chi connectivity index (χ3v) is 10.4. The zero-order chi connectivity index (χ0) is 38.4. The highest BCUT2D eigenvalue weighted by molar-refractivity contribution is 7.92. The number of rotatable bonds is 17. The Hall–Kier alpha value is -4.79.